The third kappa shape index (κ3) is 7.54. The van der Waals surface area contributed by atoms with E-state index in [1.807, 2.05) is 20.8 Å². The number of likely N-dealkylation sites (tertiary alicyclic amines) is 1. The molecule has 0 spiro atoms. The maximum Gasteiger partial charge on any atom is 0.149 e. The number of nitrogens with two attached hydrogens (primary N) is 1. The maximum absolute atomic E-state index is 5.51. The maximum atomic E-state index is 5.51. The van der Waals surface area contributed by atoms with Crippen molar-refractivity contribution in [3.05, 3.63) is 0 Å². The minimum Gasteiger partial charge on any atom is -0.350 e. The molecule has 3 atom stereocenters. The van der Waals surface area contributed by atoms with Crippen LogP contribution in [0.5, 0.6) is 0 Å². The quantitative estimate of drug-likeness (QED) is 0.407. The Morgan fingerprint density at radius 1 is 1.38 bits per heavy atom. The van der Waals surface area contributed by atoms with Gasteiger partial charge >= 0.3 is 0 Å². The van der Waals surface area contributed by atoms with Gasteiger partial charge in [0.05, 0.1) is 12.3 Å². The van der Waals surface area contributed by atoms with Gasteiger partial charge in [0.2, 0.25) is 0 Å². The molecule has 0 radical (unpaired) electrons. The molecule has 6 nitrogen and oxygen atoms in total. The molecule has 0 amide bonds. The molecule has 0 aromatic carbocycles. The molecule has 0 aliphatic carbocycles. The minimum atomic E-state index is -0.144. The summed E-state index contributed by atoms with van der Waals surface area (Å²) in [4.78, 5) is 2.48. The van der Waals surface area contributed by atoms with Gasteiger partial charge in [-0.25, -0.2) is 0 Å². The van der Waals surface area contributed by atoms with Crippen LogP contribution in [0, 0.1) is 0 Å². The van der Waals surface area contributed by atoms with Crippen LogP contribution < -0.4 is 16.4 Å². The smallest absolute Gasteiger partial charge is 0.149 e. The summed E-state index contributed by atoms with van der Waals surface area (Å²) in [6.45, 7) is 14.1. The van der Waals surface area contributed by atoms with Crippen LogP contribution in [-0.4, -0.2) is 61.9 Å². The minimum absolute atomic E-state index is 0.144. The molecule has 1 heterocycles. The van der Waals surface area contributed by atoms with E-state index in [1.165, 1.54) is 0 Å². The van der Waals surface area contributed by atoms with Crippen LogP contribution in [0.2, 0.25) is 0 Å². The average Bonchev–Trinajstić information content (AvgIpc) is 2.38. The molecule has 4 N–H and O–H groups in total. The highest BCUT2D eigenvalue weighted by Crippen LogP contribution is 2.18. The Balaban J connectivity index is 2.02. The van der Waals surface area contributed by atoms with Crippen molar-refractivity contribution in [3.63, 3.8) is 0 Å². The van der Waals surface area contributed by atoms with Crippen LogP contribution in [0.15, 0.2) is 0 Å². The SMILES string of the molecule is C[C@@H]1C(NCOCOC(C)(C)C)CN1CC[C@H](C)NCN. The fraction of sp³-hybridized carbons (Fsp3) is 1.00. The van der Waals surface area contributed by atoms with E-state index >= 15 is 0 Å². The van der Waals surface area contributed by atoms with Crippen LogP contribution in [0.25, 0.3) is 0 Å². The lowest BCUT2D eigenvalue weighted by atomic mass is 9.97. The van der Waals surface area contributed by atoms with E-state index in [2.05, 4.69) is 29.4 Å². The van der Waals surface area contributed by atoms with E-state index in [-0.39, 0.29) is 5.60 Å². The summed E-state index contributed by atoms with van der Waals surface area (Å²) in [5.41, 5.74) is 5.34. The van der Waals surface area contributed by atoms with Gasteiger partial charge in [0.15, 0.2) is 0 Å². The van der Waals surface area contributed by atoms with Gasteiger partial charge in [-0.3, -0.25) is 10.2 Å². The van der Waals surface area contributed by atoms with Crippen molar-refractivity contribution < 1.29 is 9.47 Å². The molecule has 126 valence electrons. The predicted molar refractivity (Wildman–Crippen MR) is 85.9 cm³/mol. The fourth-order valence-electron chi connectivity index (χ4n) is 2.31. The van der Waals surface area contributed by atoms with Crippen LogP contribution in [0.1, 0.15) is 41.0 Å². The first-order valence-electron chi connectivity index (χ1n) is 7.96. The highest BCUT2D eigenvalue weighted by Gasteiger charge is 2.34. The van der Waals surface area contributed by atoms with Crippen molar-refractivity contribution >= 4 is 0 Å². The van der Waals surface area contributed by atoms with E-state index in [1.54, 1.807) is 0 Å². The number of hydrogen-bond donors (Lipinski definition) is 3. The zero-order chi connectivity index (χ0) is 15.9. The van der Waals surface area contributed by atoms with E-state index in [9.17, 15) is 0 Å². The Morgan fingerprint density at radius 3 is 2.67 bits per heavy atom. The zero-order valence-corrected chi connectivity index (χ0v) is 14.3. The summed E-state index contributed by atoms with van der Waals surface area (Å²) < 4.78 is 11.0. The lowest BCUT2D eigenvalue weighted by Crippen LogP contribution is -2.65. The number of nitrogens with zero attached hydrogens (tertiary/aromatic N) is 1. The molecule has 0 saturated carbocycles. The van der Waals surface area contributed by atoms with Gasteiger partial charge in [-0.1, -0.05) is 0 Å². The third-order valence-electron chi connectivity index (χ3n) is 3.93. The van der Waals surface area contributed by atoms with Gasteiger partial charge in [-0.2, -0.15) is 0 Å². The van der Waals surface area contributed by atoms with Gasteiger partial charge in [-0.15, -0.1) is 0 Å². The lowest BCUT2D eigenvalue weighted by molar-refractivity contribution is -0.127. The lowest BCUT2D eigenvalue weighted by Gasteiger charge is -2.47. The van der Waals surface area contributed by atoms with Crippen LogP contribution in [0.4, 0.5) is 0 Å². The van der Waals surface area contributed by atoms with Gasteiger partial charge < -0.3 is 20.5 Å². The number of hydrogen-bond acceptors (Lipinski definition) is 6. The van der Waals surface area contributed by atoms with Crippen molar-refractivity contribution in [2.75, 3.05) is 33.3 Å². The first kappa shape index (κ1) is 18.8. The molecule has 21 heavy (non-hydrogen) atoms. The second-order valence-corrected chi connectivity index (χ2v) is 6.87. The fourth-order valence-corrected chi connectivity index (χ4v) is 2.31. The Kier molecular flexibility index (Phi) is 8.08. The molecule has 0 aromatic heterocycles. The number of ether oxygens (including phenoxy) is 2. The molecule has 6 heteroatoms. The highest BCUT2D eigenvalue weighted by molar-refractivity contribution is 4.93. The zero-order valence-electron chi connectivity index (χ0n) is 14.3. The van der Waals surface area contributed by atoms with Crippen molar-refractivity contribution in [2.45, 2.75) is 64.8 Å². The van der Waals surface area contributed by atoms with Crippen molar-refractivity contribution in [3.8, 4) is 0 Å². The third-order valence-corrected chi connectivity index (χ3v) is 3.93. The Hall–Kier alpha value is -0.240. The summed E-state index contributed by atoms with van der Waals surface area (Å²) >= 11 is 0. The molecule has 1 saturated heterocycles. The van der Waals surface area contributed by atoms with Crippen LogP contribution in [0.3, 0.4) is 0 Å². The first-order chi connectivity index (χ1) is 9.83. The van der Waals surface area contributed by atoms with Crippen LogP contribution in [-0.2, 0) is 9.47 Å². The van der Waals surface area contributed by atoms with Gasteiger partial charge in [0.25, 0.3) is 0 Å². The Morgan fingerprint density at radius 2 is 2.10 bits per heavy atom. The van der Waals surface area contributed by atoms with Gasteiger partial charge in [0.1, 0.15) is 6.79 Å². The van der Waals surface area contributed by atoms with E-state index in [0.717, 1.165) is 19.5 Å². The summed E-state index contributed by atoms with van der Waals surface area (Å²) in [5.74, 6) is 0. The summed E-state index contributed by atoms with van der Waals surface area (Å²) in [7, 11) is 0. The molecule has 1 unspecified atom stereocenters. The van der Waals surface area contributed by atoms with E-state index < -0.39 is 0 Å². The second-order valence-electron chi connectivity index (χ2n) is 6.87. The summed E-state index contributed by atoms with van der Waals surface area (Å²) in [6.07, 6.45) is 1.13. The highest BCUT2D eigenvalue weighted by atomic mass is 16.7. The van der Waals surface area contributed by atoms with Crippen LogP contribution >= 0.6 is 0 Å². The summed E-state index contributed by atoms with van der Waals surface area (Å²) in [6, 6.07) is 1.55. The molecule has 1 rings (SSSR count). The Bertz CT molecular complexity index is 283. The van der Waals surface area contributed by atoms with Crippen molar-refractivity contribution in [1.82, 2.24) is 15.5 Å². The molecule has 0 bridgehead atoms. The largest absolute Gasteiger partial charge is 0.350 e. The van der Waals surface area contributed by atoms with Gasteiger partial charge in [0, 0.05) is 37.9 Å². The standard InChI is InChI=1S/C15H34N4O2/c1-12(17-9-16)6-7-19-8-14(13(19)2)18-10-20-11-21-15(3,4)5/h12-14,17-18H,6-11,16H2,1-5H3/t12-,13+,14?/m0/s1. The average molecular weight is 302 g/mol. The molecular weight excluding hydrogens is 268 g/mol. The number of nitrogens with one attached hydrogen (secondary N) is 2. The normalized spacial score (nSPS) is 24.9. The second kappa shape index (κ2) is 9.02. The van der Waals surface area contributed by atoms with Crippen molar-refractivity contribution in [2.24, 2.45) is 5.73 Å². The predicted octanol–water partition coefficient (Wildman–Crippen LogP) is 0.680. The number of rotatable bonds is 10. The monoisotopic (exact) mass is 302 g/mol. The molecule has 1 fully saturated rings. The molecule has 0 aromatic rings. The van der Waals surface area contributed by atoms with Crippen molar-refractivity contribution in [1.29, 1.82) is 0 Å². The topological polar surface area (TPSA) is 71.8 Å². The molecule has 1 aliphatic heterocycles. The molecular formula is C15H34N4O2. The van der Waals surface area contributed by atoms with E-state index in [4.69, 9.17) is 15.2 Å². The van der Waals surface area contributed by atoms with Gasteiger partial charge in [-0.05, 0) is 41.0 Å². The first-order valence-corrected chi connectivity index (χ1v) is 7.96. The Labute approximate surface area is 129 Å². The molecule has 1 aliphatic rings. The van der Waals surface area contributed by atoms with E-state index in [0.29, 0.717) is 38.3 Å². The summed E-state index contributed by atoms with van der Waals surface area (Å²) in [5, 5.41) is 6.66.